The Kier molecular flexibility index (Phi) is 4.98. The van der Waals surface area contributed by atoms with E-state index in [1.165, 1.54) is 0 Å². The van der Waals surface area contributed by atoms with Crippen molar-refractivity contribution in [1.82, 2.24) is 0 Å². The van der Waals surface area contributed by atoms with Gasteiger partial charge in [-0.3, -0.25) is 0 Å². The van der Waals surface area contributed by atoms with Crippen molar-refractivity contribution in [3.8, 4) is 0 Å². The molecule has 0 amide bonds. The van der Waals surface area contributed by atoms with Crippen molar-refractivity contribution in [2.75, 3.05) is 0 Å². The molecule has 0 aromatic heterocycles. The minimum absolute atomic E-state index is 0.0633. The standard InChI is InChI=1S/Li.H6NSi2/c;1-3-2/h;1-3H2. The summed E-state index contributed by atoms with van der Waals surface area (Å²) in [6.07, 6.45) is 0. The molecule has 20 valence electrons. The normalized spacial score (nSPS) is 13.8. The maximum absolute atomic E-state index is 5.23. The fourth-order valence-electron chi connectivity index (χ4n) is 0. The first-order valence-corrected chi connectivity index (χ1v) is 7.85. The Morgan fingerprint density at radius 2 is 2.00 bits per heavy atom. The van der Waals surface area contributed by atoms with Gasteiger partial charge in [-0.25, -0.2) is 0 Å². The van der Waals surface area contributed by atoms with Crippen LogP contribution in [0.25, 0.3) is 0 Å². The predicted molar refractivity (Wildman–Crippen MR) is 27.0 cm³/mol. The van der Waals surface area contributed by atoms with E-state index in [4.69, 9.17) is 5.40 Å². The molecular formula is H6LiNSi2. The van der Waals surface area contributed by atoms with E-state index in [0.29, 0.717) is 7.36 Å². The quantitative estimate of drug-likeness (QED) is 0.340. The van der Waals surface area contributed by atoms with Gasteiger partial charge in [0.1, 0.15) is 0 Å². The van der Waals surface area contributed by atoms with Crippen molar-refractivity contribution < 1.29 is 0 Å². The topological polar surface area (TPSA) is 26.0 Å². The van der Waals surface area contributed by atoms with Gasteiger partial charge < -0.3 is 0 Å². The van der Waals surface area contributed by atoms with Crippen LogP contribution in [0, 0.1) is 0 Å². The molecule has 0 aromatic carbocycles. The average molecular weight is 83.2 g/mol. The molecule has 0 aliphatic carbocycles. The van der Waals surface area contributed by atoms with Gasteiger partial charge in [0.15, 0.2) is 0 Å². The monoisotopic (exact) mass is 83.0 g/mol. The van der Waals surface area contributed by atoms with Gasteiger partial charge in [0.2, 0.25) is 0 Å². The Balaban J connectivity index is 1.97. The Bertz CT molecular complexity index is 8.00. The zero-order chi connectivity index (χ0) is 3.41. The van der Waals surface area contributed by atoms with Gasteiger partial charge in [0, 0.05) is 0 Å². The molecule has 4 heavy (non-hydrogen) atoms. The molecule has 0 atom stereocenters. The fourth-order valence-corrected chi connectivity index (χ4v) is 0. The van der Waals surface area contributed by atoms with Crippen LogP contribution < -0.4 is 5.40 Å². The van der Waals surface area contributed by atoms with Crippen molar-refractivity contribution in [2.24, 2.45) is 5.40 Å². The number of rotatable bonds is 1. The van der Waals surface area contributed by atoms with Gasteiger partial charge in [-0.2, -0.15) is 0 Å². The van der Waals surface area contributed by atoms with Crippen LogP contribution >= 0.6 is 0 Å². The van der Waals surface area contributed by atoms with Crippen molar-refractivity contribution >= 4 is 33.6 Å². The summed E-state index contributed by atoms with van der Waals surface area (Å²) < 4.78 is 0. The van der Waals surface area contributed by atoms with Crippen LogP contribution in [-0.2, 0) is 0 Å². The predicted octanol–water partition coefficient (Wildman–Crippen LogP) is -2.80. The van der Waals surface area contributed by atoms with E-state index >= 15 is 0 Å². The molecule has 0 saturated carbocycles. The van der Waals surface area contributed by atoms with Crippen LogP contribution in [0.2, 0.25) is 0 Å². The van der Waals surface area contributed by atoms with Gasteiger partial charge in [0.25, 0.3) is 0 Å². The molecule has 0 spiro atoms. The third-order valence-corrected chi connectivity index (χ3v) is 2.60. The maximum atomic E-state index is 5.23. The number of hydrogen-bond donors (Lipinski definition) is 1. The molecule has 0 bridgehead atoms. The van der Waals surface area contributed by atoms with Crippen LogP contribution in [0.1, 0.15) is 0 Å². The van der Waals surface area contributed by atoms with Gasteiger partial charge in [-0.15, -0.1) is 0 Å². The van der Waals surface area contributed by atoms with E-state index < -0.39 is 0 Å². The molecule has 0 aliphatic heterocycles. The first kappa shape index (κ1) is 4.99. The van der Waals surface area contributed by atoms with E-state index in [2.05, 4.69) is 17.0 Å². The van der Waals surface area contributed by atoms with Crippen molar-refractivity contribution in [1.29, 1.82) is 0 Å². The number of nitrogens with two attached hydrogens (primary N) is 1. The van der Waals surface area contributed by atoms with E-state index in [1.807, 2.05) is 0 Å². The molecule has 0 unspecified atom stereocenters. The molecule has 0 radical (unpaired) electrons. The van der Waals surface area contributed by atoms with Gasteiger partial charge in [-0.05, 0) is 0 Å². The second-order valence-electron chi connectivity index (χ2n) is 0.789. The molecule has 4 heteroatoms. The second kappa shape index (κ2) is 3.99. The van der Waals surface area contributed by atoms with Gasteiger partial charge in [0.05, 0.1) is 0 Å². The summed E-state index contributed by atoms with van der Waals surface area (Å²) in [6.45, 7) is 0. The molecule has 1 nitrogen and oxygen atoms in total. The molecule has 0 saturated heterocycles. The van der Waals surface area contributed by atoms with Crippen LogP contribution in [0.3, 0.4) is 0 Å². The Morgan fingerprint density at radius 1 is 1.75 bits per heavy atom. The summed E-state index contributed by atoms with van der Waals surface area (Å²) in [4.78, 5) is 0. The Morgan fingerprint density at radius 3 is 2.00 bits per heavy atom. The Labute approximate surface area is 39.4 Å². The SMILES string of the molecule is [Li][SiH2][SiH2]N. The summed E-state index contributed by atoms with van der Waals surface area (Å²) in [7, 11) is 0.404. The molecular weight excluding hydrogens is 77.1 g/mol. The third kappa shape index (κ3) is 2.99. The molecule has 0 aromatic rings. The van der Waals surface area contributed by atoms with Gasteiger partial charge >= 0.3 is 39.0 Å². The summed E-state index contributed by atoms with van der Waals surface area (Å²) in [5.41, 5.74) is 0. The van der Waals surface area contributed by atoms with Crippen molar-refractivity contribution in [3.05, 3.63) is 0 Å². The third-order valence-electron chi connectivity index (χ3n) is 0.289. The van der Waals surface area contributed by atoms with Crippen molar-refractivity contribution in [3.63, 3.8) is 0 Å². The van der Waals surface area contributed by atoms with Crippen LogP contribution in [0.5, 0.6) is 0 Å². The summed E-state index contributed by atoms with van der Waals surface area (Å²) >= 11 is 2.26. The summed E-state index contributed by atoms with van der Waals surface area (Å²) in [5, 5.41) is 5.23. The summed E-state index contributed by atoms with van der Waals surface area (Å²) in [6, 6.07) is 0. The van der Waals surface area contributed by atoms with Crippen molar-refractivity contribution in [2.45, 2.75) is 0 Å². The molecule has 0 fully saturated rings. The summed E-state index contributed by atoms with van der Waals surface area (Å²) in [5.74, 6) is 0. The van der Waals surface area contributed by atoms with Crippen LogP contribution in [0.4, 0.5) is 0 Å². The van der Waals surface area contributed by atoms with E-state index in [1.54, 1.807) is 0 Å². The zero-order valence-electron chi connectivity index (χ0n) is 2.99. The van der Waals surface area contributed by atoms with E-state index in [0.717, 1.165) is 0 Å². The van der Waals surface area contributed by atoms with E-state index in [-0.39, 0.29) is 9.20 Å². The first-order valence-electron chi connectivity index (χ1n) is 1.62. The first-order chi connectivity index (χ1) is 1.91. The van der Waals surface area contributed by atoms with Crippen LogP contribution in [0.15, 0.2) is 0 Å². The van der Waals surface area contributed by atoms with E-state index in [9.17, 15) is 0 Å². The Hall–Kier alpha value is 0.991. The molecule has 2 N–H and O–H groups in total. The minimum atomic E-state index is 0.0633. The van der Waals surface area contributed by atoms with Gasteiger partial charge in [-0.1, -0.05) is 0 Å². The molecule has 0 heterocycles. The van der Waals surface area contributed by atoms with Crippen LogP contribution in [-0.4, -0.2) is 33.6 Å². The molecule has 0 aliphatic rings. The second-order valence-corrected chi connectivity index (χ2v) is 7.10. The number of hydrogen-bond acceptors (Lipinski definition) is 1. The zero-order valence-corrected chi connectivity index (χ0v) is 5.82. The molecule has 0 rings (SSSR count). The fraction of sp³-hybridized carbons (Fsp3) is 0. The average Bonchev–Trinajstić information content (AvgIpc) is 1.37.